The molecule has 0 aromatic heterocycles. The van der Waals surface area contributed by atoms with E-state index < -0.39 is 54.2 Å². The molecule has 0 unspecified atom stereocenters. The summed E-state index contributed by atoms with van der Waals surface area (Å²) in [5, 5.41) is 0. The van der Waals surface area contributed by atoms with E-state index in [0.717, 1.165) is 38.6 Å². The molecule has 0 saturated carbocycles. The van der Waals surface area contributed by atoms with Crippen molar-refractivity contribution in [2.45, 2.75) is 5.41 Å². The Morgan fingerprint density at radius 1 is 0.431 bits per heavy atom. The topological polar surface area (TPSA) is 12.5 Å². The van der Waals surface area contributed by atoms with Crippen molar-refractivity contribution in [3.8, 4) is 56.0 Å². The maximum Gasteiger partial charge on any atom is 0.247 e. The van der Waals surface area contributed by atoms with E-state index in [1.807, 2.05) is 152 Å². The van der Waals surface area contributed by atoms with Gasteiger partial charge in [-0.15, -0.1) is 0 Å². The lowest BCUT2D eigenvalue weighted by Crippen LogP contribution is -2.65. The van der Waals surface area contributed by atoms with E-state index in [1.54, 1.807) is 24.3 Å². The monoisotopic (exact) mass is 841 g/mol. The first-order chi connectivity index (χ1) is 36.3. The Morgan fingerprint density at radius 3 is 1.57 bits per heavy atom. The van der Waals surface area contributed by atoms with Gasteiger partial charge in [-0.25, -0.2) is 4.39 Å². The minimum absolute atomic E-state index is 0.00999. The highest BCUT2D eigenvalue weighted by molar-refractivity contribution is 6.99. The first kappa shape index (κ1) is 28.5. The van der Waals surface area contributed by atoms with Gasteiger partial charge in [-0.3, -0.25) is 0 Å². The third kappa shape index (κ3) is 5.60. The van der Waals surface area contributed by atoms with E-state index in [0.29, 0.717) is 61.9 Å². The van der Waals surface area contributed by atoms with Crippen LogP contribution in [0.5, 0.6) is 11.5 Å². The van der Waals surface area contributed by atoms with Crippen molar-refractivity contribution >= 4 is 40.2 Å². The molecule has 3 heterocycles. The Balaban J connectivity index is 1.22. The van der Waals surface area contributed by atoms with E-state index in [4.69, 9.17) is 18.4 Å². The molecule has 304 valence electrons. The summed E-state index contributed by atoms with van der Waals surface area (Å²) in [6.07, 6.45) is 0. The number of rotatable bonds is 5. The van der Waals surface area contributed by atoms with Crippen molar-refractivity contribution in [1.29, 1.82) is 0 Å². The molecule has 0 saturated heterocycles. The molecule has 3 aliphatic heterocycles. The van der Waals surface area contributed by atoms with Crippen molar-refractivity contribution in [3.05, 3.63) is 264 Å². The molecular weight excluding hydrogens is 792 g/mol. The van der Waals surface area contributed by atoms with Gasteiger partial charge >= 0.3 is 0 Å². The second-order valence-corrected chi connectivity index (χ2v) is 16.5. The number of anilines is 3. The summed E-state index contributed by atoms with van der Waals surface area (Å²) in [6.45, 7) is -0.656. The number of fused-ring (bicyclic) bond motifs is 10. The molecule has 2 nitrogen and oxygen atoms in total. The first-order valence-corrected chi connectivity index (χ1v) is 21.5. The van der Waals surface area contributed by atoms with Crippen molar-refractivity contribution < 1.29 is 22.8 Å². The molecule has 0 atom stereocenters. The summed E-state index contributed by atoms with van der Waals surface area (Å²) >= 11 is 0. The molecule has 0 amide bonds. The fraction of sp³-hybridized carbons (Fsp3) is 0.0164. The Morgan fingerprint density at radius 2 is 0.969 bits per heavy atom. The molecule has 65 heavy (non-hydrogen) atoms. The highest BCUT2D eigenvalue weighted by Crippen LogP contribution is 2.58. The van der Waals surface area contributed by atoms with E-state index in [2.05, 4.69) is 4.90 Å². The van der Waals surface area contributed by atoms with Crippen molar-refractivity contribution in [1.82, 2.24) is 0 Å². The SMILES string of the molecule is [2H]c1c([2H])c([2H])c(-c2ccc3c(c2)N(c2c(-c4ccccc4)cccc2-c2ccccc2)c2cc(F)cc4c2B3c2ccc(-c3c([2H])c([2H])c([2H])c([2H])c3[2H])cc2C42c3ccccc3Oc3ccccc32)c([2H])c1[2H]. The van der Waals surface area contributed by atoms with E-state index in [-0.39, 0.29) is 35.3 Å². The summed E-state index contributed by atoms with van der Waals surface area (Å²) in [4.78, 5) is 2.08. The third-order valence-corrected chi connectivity index (χ3v) is 13.2. The van der Waals surface area contributed by atoms with Gasteiger partial charge in [-0.05, 0) is 85.8 Å². The molecule has 13 rings (SSSR count). The van der Waals surface area contributed by atoms with Crippen LogP contribution in [0.4, 0.5) is 21.5 Å². The van der Waals surface area contributed by atoms with Crippen LogP contribution in [0.2, 0.25) is 0 Å². The van der Waals surface area contributed by atoms with Gasteiger partial charge in [0, 0.05) is 33.6 Å². The Hall–Kier alpha value is -8.21. The lowest BCUT2D eigenvalue weighted by Gasteiger charge is -2.50. The fourth-order valence-electron chi connectivity index (χ4n) is 10.7. The molecule has 0 N–H and O–H groups in total. The normalized spacial score (nSPS) is 15.6. The molecule has 1 spiro atoms. The second-order valence-electron chi connectivity index (χ2n) is 16.5. The number of ether oxygens (including phenoxy) is 1. The van der Waals surface area contributed by atoms with Gasteiger partial charge < -0.3 is 9.64 Å². The Bertz CT molecular complexity index is 3940. The molecule has 0 bridgehead atoms. The Labute approximate surface area is 392 Å². The number of nitrogens with zero attached hydrogens (tertiary/aromatic N) is 1. The van der Waals surface area contributed by atoms with E-state index in [9.17, 15) is 0 Å². The number of halogens is 1. The van der Waals surface area contributed by atoms with Crippen LogP contribution in [-0.2, 0) is 5.41 Å². The summed E-state index contributed by atoms with van der Waals surface area (Å²) < 4.78 is 113. The number of hydrogen-bond donors (Lipinski definition) is 0. The van der Waals surface area contributed by atoms with Crippen LogP contribution in [0.1, 0.15) is 36.0 Å². The third-order valence-electron chi connectivity index (χ3n) is 13.2. The summed E-state index contributed by atoms with van der Waals surface area (Å²) in [6, 6.07) is 51.2. The van der Waals surface area contributed by atoms with Crippen LogP contribution >= 0.6 is 0 Å². The van der Waals surface area contributed by atoms with E-state index in [1.165, 1.54) is 0 Å². The van der Waals surface area contributed by atoms with Crippen molar-refractivity contribution in [3.63, 3.8) is 0 Å². The quantitative estimate of drug-likeness (QED) is 0.160. The average Bonchev–Trinajstić information content (AvgIpc) is 3.44. The molecule has 0 radical (unpaired) electrons. The fourth-order valence-corrected chi connectivity index (χ4v) is 10.7. The second kappa shape index (κ2) is 14.7. The van der Waals surface area contributed by atoms with Gasteiger partial charge in [0.15, 0.2) is 0 Å². The lowest BCUT2D eigenvalue weighted by atomic mass is 9.29. The van der Waals surface area contributed by atoms with Gasteiger partial charge in [0.25, 0.3) is 0 Å². The average molecular weight is 842 g/mol. The van der Waals surface area contributed by atoms with Gasteiger partial charge in [-0.2, -0.15) is 0 Å². The van der Waals surface area contributed by atoms with Gasteiger partial charge in [-0.1, -0.05) is 211 Å². The van der Waals surface area contributed by atoms with Crippen molar-refractivity contribution in [2.75, 3.05) is 4.90 Å². The highest BCUT2D eigenvalue weighted by atomic mass is 19.1. The Kier molecular flexibility index (Phi) is 6.44. The number of para-hydroxylation sites is 3. The lowest BCUT2D eigenvalue weighted by molar-refractivity contribution is 0.434. The van der Waals surface area contributed by atoms with Crippen LogP contribution < -0.4 is 26.0 Å². The van der Waals surface area contributed by atoms with Crippen LogP contribution in [-0.4, -0.2) is 6.71 Å². The maximum absolute atomic E-state index is 17.9. The molecular formula is C61H39BFNO. The number of benzene rings is 10. The van der Waals surface area contributed by atoms with Crippen LogP contribution in [0.15, 0.2) is 236 Å². The zero-order valence-corrected chi connectivity index (χ0v) is 34.6. The van der Waals surface area contributed by atoms with Crippen LogP contribution in [0, 0.1) is 5.82 Å². The summed E-state index contributed by atoms with van der Waals surface area (Å²) in [5.41, 5.74) is 9.60. The predicted octanol–water partition coefficient (Wildman–Crippen LogP) is 13.6. The molecule has 0 fully saturated rings. The van der Waals surface area contributed by atoms with Gasteiger partial charge in [0.1, 0.15) is 17.3 Å². The van der Waals surface area contributed by atoms with Crippen molar-refractivity contribution in [2.24, 2.45) is 0 Å². The molecule has 3 aliphatic rings. The van der Waals surface area contributed by atoms with Gasteiger partial charge in [0.05, 0.1) is 24.8 Å². The minimum atomic E-state index is -1.34. The molecule has 4 heteroatoms. The highest BCUT2D eigenvalue weighted by Gasteiger charge is 2.55. The summed E-state index contributed by atoms with van der Waals surface area (Å²) in [7, 11) is 0. The predicted molar refractivity (Wildman–Crippen MR) is 266 cm³/mol. The van der Waals surface area contributed by atoms with Gasteiger partial charge in [0.2, 0.25) is 6.71 Å². The zero-order valence-electron chi connectivity index (χ0n) is 44.6. The van der Waals surface area contributed by atoms with Crippen LogP contribution in [0.25, 0.3) is 44.5 Å². The molecule has 10 aromatic rings. The summed E-state index contributed by atoms with van der Waals surface area (Å²) in [5.74, 6) is 0.509. The maximum atomic E-state index is 17.9. The minimum Gasteiger partial charge on any atom is -0.457 e. The van der Waals surface area contributed by atoms with Crippen LogP contribution in [0.3, 0.4) is 0 Å². The standard InChI is InChI=1S/C61H39BFNO/c63-46-38-52-59-56(39-46)64(60-47(42-22-9-3-10-23-42)26-17-27-48(60)43-24-11-4-12-25-43)55-37-45(41-20-7-2-8-21-41)33-35-54(55)62(59)53-34-32-44(40-18-5-1-6-19-40)36-51(53)61(52)49-28-13-15-30-57(49)65-58-31-16-14-29-50(58)61/h1-39H/i1D,2D,5D,6D,7D,8D,18D,19D,20D,21D. The molecule has 10 aromatic carbocycles. The first-order valence-electron chi connectivity index (χ1n) is 26.5. The smallest absolute Gasteiger partial charge is 0.247 e. The largest absolute Gasteiger partial charge is 0.457 e. The van der Waals surface area contributed by atoms with E-state index >= 15 is 4.39 Å². The molecule has 0 aliphatic carbocycles. The zero-order chi connectivity index (χ0) is 51.8. The number of hydrogen-bond acceptors (Lipinski definition) is 2.